The molecule has 0 atom stereocenters. The van der Waals surface area contributed by atoms with Crippen molar-refractivity contribution in [1.82, 2.24) is 0 Å². The van der Waals surface area contributed by atoms with Gasteiger partial charge >= 0.3 is 5.97 Å². The van der Waals surface area contributed by atoms with Crippen LogP contribution in [0.5, 0.6) is 0 Å². The molecule has 0 unspecified atom stereocenters. The first-order valence-electron chi connectivity index (χ1n) is 3.32. The SMILES string of the molecule is O=C(O)c1ccccc1.O=N[O-].O=N[O-].[Co]. The molecule has 0 aliphatic heterocycles. The number of hydrogen-bond donors (Lipinski definition) is 1. The number of carbonyl (C=O) groups is 1. The van der Waals surface area contributed by atoms with E-state index in [0.29, 0.717) is 5.56 Å². The maximum absolute atomic E-state index is 10.2. The molecule has 1 aromatic rings. The van der Waals surface area contributed by atoms with E-state index in [-0.39, 0.29) is 16.8 Å². The zero-order valence-electron chi connectivity index (χ0n) is 7.60. The molecule has 1 aromatic carbocycles. The van der Waals surface area contributed by atoms with Gasteiger partial charge in [-0.2, -0.15) is 0 Å². The third-order valence-electron chi connectivity index (χ3n) is 1.02. The molecule has 91 valence electrons. The second-order valence-electron chi connectivity index (χ2n) is 1.82. The van der Waals surface area contributed by atoms with Crippen molar-refractivity contribution < 1.29 is 26.7 Å². The molecule has 0 bridgehead atoms. The summed E-state index contributed by atoms with van der Waals surface area (Å²) in [6, 6.07) is 8.30. The summed E-state index contributed by atoms with van der Waals surface area (Å²) in [4.78, 5) is 26.2. The van der Waals surface area contributed by atoms with Crippen molar-refractivity contribution >= 4 is 5.97 Å². The van der Waals surface area contributed by atoms with Crippen LogP contribution in [0.15, 0.2) is 41.0 Å². The molecule has 0 amide bonds. The van der Waals surface area contributed by atoms with Crippen LogP contribution in [-0.2, 0) is 16.8 Å². The van der Waals surface area contributed by atoms with E-state index in [4.69, 9.17) is 25.3 Å². The van der Waals surface area contributed by atoms with E-state index < -0.39 is 5.97 Å². The summed E-state index contributed by atoms with van der Waals surface area (Å²) in [6.07, 6.45) is 0. The van der Waals surface area contributed by atoms with Crippen LogP contribution in [0.3, 0.4) is 0 Å². The fourth-order valence-corrected chi connectivity index (χ4v) is 0.581. The average molecular weight is 273 g/mol. The Balaban J connectivity index is -0.000000207. The van der Waals surface area contributed by atoms with Crippen LogP contribution in [0.25, 0.3) is 0 Å². The molecule has 0 spiro atoms. The maximum Gasteiger partial charge on any atom is 0.335 e. The third-order valence-corrected chi connectivity index (χ3v) is 1.02. The zero-order chi connectivity index (χ0) is 12.1. The van der Waals surface area contributed by atoms with Crippen LogP contribution in [0.1, 0.15) is 10.4 Å². The normalized spacial score (nSPS) is 6.50. The molecule has 0 heterocycles. The van der Waals surface area contributed by atoms with Gasteiger partial charge in [0.2, 0.25) is 0 Å². The number of carboxylic acid groups (broad SMARTS) is 1. The molecular weight excluding hydrogens is 267 g/mol. The summed E-state index contributed by atoms with van der Waals surface area (Å²) in [5.41, 5.74) is 0.331. The number of carboxylic acids is 1. The van der Waals surface area contributed by atoms with Gasteiger partial charge in [-0.25, -0.2) is 4.79 Å². The van der Waals surface area contributed by atoms with E-state index in [1.54, 1.807) is 30.3 Å². The van der Waals surface area contributed by atoms with Gasteiger partial charge < -0.3 is 25.3 Å². The van der Waals surface area contributed by atoms with E-state index in [9.17, 15) is 4.79 Å². The first kappa shape index (κ1) is 19.6. The zero-order valence-corrected chi connectivity index (χ0v) is 8.64. The molecule has 0 aliphatic carbocycles. The molecule has 1 rings (SSSR count). The topological polar surface area (TPSA) is 142 Å². The van der Waals surface area contributed by atoms with Crippen molar-refractivity contribution in [2.75, 3.05) is 0 Å². The van der Waals surface area contributed by atoms with Crippen molar-refractivity contribution in [2.45, 2.75) is 0 Å². The summed E-state index contributed by atoms with van der Waals surface area (Å²) in [6.45, 7) is 0. The van der Waals surface area contributed by atoms with Gasteiger partial charge in [0, 0.05) is 16.8 Å². The summed E-state index contributed by atoms with van der Waals surface area (Å²) < 4.78 is 0. The summed E-state index contributed by atoms with van der Waals surface area (Å²) >= 11 is 0. The van der Waals surface area contributed by atoms with Gasteiger partial charge in [-0.05, 0) is 12.1 Å². The minimum absolute atomic E-state index is 0. The number of hydrogen-bond acceptors (Lipinski definition) is 7. The maximum atomic E-state index is 10.2. The van der Waals surface area contributed by atoms with Gasteiger partial charge in [0.15, 0.2) is 0 Å². The van der Waals surface area contributed by atoms with Crippen molar-refractivity contribution in [1.29, 1.82) is 0 Å². The van der Waals surface area contributed by atoms with Gasteiger partial charge in [-0.1, -0.05) is 18.2 Å². The molecule has 1 radical (unpaired) electrons. The minimum atomic E-state index is -0.879. The fraction of sp³-hybridized carbons (Fsp3) is 0. The summed E-state index contributed by atoms with van der Waals surface area (Å²) in [7, 11) is 0. The van der Waals surface area contributed by atoms with Crippen LogP contribution in [0.4, 0.5) is 0 Å². The molecule has 8 nitrogen and oxygen atoms in total. The smallest absolute Gasteiger partial charge is 0.335 e. The molecule has 16 heavy (non-hydrogen) atoms. The van der Waals surface area contributed by atoms with Crippen molar-refractivity contribution in [3.05, 3.63) is 56.1 Å². The Morgan fingerprint density at radius 3 is 1.56 bits per heavy atom. The van der Waals surface area contributed by atoms with Crippen molar-refractivity contribution in [3.63, 3.8) is 0 Å². The van der Waals surface area contributed by atoms with Gasteiger partial charge in [0.1, 0.15) is 0 Å². The Labute approximate surface area is 100.0 Å². The van der Waals surface area contributed by atoms with E-state index >= 15 is 0 Å². The van der Waals surface area contributed by atoms with Crippen LogP contribution < -0.4 is 0 Å². The average Bonchev–Trinajstić information content (AvgIpc) is 2.21. The number of benzene rings is 1. The first-order chi connectivity index (χ1) is 7.13. The van der Waals surface area contributed by atoms with Crippen molar-refractivity contribution in [3.8, 4) is 0 Å². The van der Waals surface area contributed by atoms with Crippen LogP contribution in [0.2, 0.25) is 0 Å². The second-order valence-corrected chi connectivity index (χ2v) is 1.82. The standard InChI is InChI=1S/C7H6O2.Co.2HNO2/c8-7(9)6-4-2-1-3-5-6;;2*2-1-3/h1-5H,(H,8,9);;2*(H,2,3)/p-2. The van der Waals surface area contributed by atoms with Crippen LogP contribution >= 0.6 is 0 Å². The molecule has 0 aromatic heterocycles. The predicted molar refractivity (Wildman–Crippen MR) is 51.7 cm³/mol. The third kappa shape index (κ3) is 14.5. The minimum Gasteiger partial charge on any atom is -0.478 e. The van der Waals surface area contributed by atoms with E-state index in [1.165, 1.54) is 0 Å². The number of nitrogens with zero attached hydrogens (tertiary/aromatic N) is 2. The Morgan fingerprint density at radius 2 is 1.38 bits per heavy atom. The van der Waals surface area contributed by atoms with Crippen LogP contribution in [0, 0.1) is 20.2 Å². The predicted octanol–water partition coefficient (Wildman–Crippen LogP) is 1.88. The first-order valence-corrected chi connectivity index (χ1v) is 3.32. The van der Waals surface area contributed by atoms with Gasteiger partial charge in [0.05, 0.1) is 5.56 Å². The number of rotatable bonds is 1. The monoisotopic (exact) mass is 273 g/mol. The molecular formula is C7H6CoN2O6-2. The second kappa shape index (κ2) is 15.5. The summed E-state index contributed by atoms with van der Waals surface area (Å²) in [5, 5.41) is 26.4. The molecule has 0 saturated carbocycles. The molecule has 9 heteroatoms. The van der Waals surface area contributed by atoms with Crippen LogP contribution in [-0.4, -0.2) is 11.1 Å². The quantitative estimate of drug-likeness (QED) is 0.611. The van der Waals surface area contributed by atoms with E-state index in [2.05, 4.69) is 0 Å². The van der Waals surface area contributed by atoms with E-state index in [1.807, 2.05) is 0 Å². The fourth-order valence-electron chi connectivity index (χ4n) is 0.581. The molecule has 0 fully saturated rings. The van der Waals surface area contributed by atoms with Crippen molar-refractivity contribution in [2.24, 2.45) is 10.7 Å². The number of aromatic carboxylic acids is 1. The van der Waals surface area contributed by atoms with Gasteiger partial charge in [-0.15, -0.1) is 10.7 Å². The largest absolute Gasteiger partial charge is 0.478 e. The van der Waals surface area contributed by atoms with Gasteiger partial charge in [-0.3, -0.25) is 0 Å². The molecule has 1 N–H and O–H groups in total. The molecule has 0 aliphatic rings. The Morgan fingerprint density at radius 1 is 1.06 bits per heavy atom. The molecule has 0 saturated heterocycles. The van der Waals surface area contributed by atoms with E-state index in [0.717, 1.165) is 10.7 Å². The summed E-state index contributed by atoms with van der Waals surface area (Å²) in [5.74, 6) is -0.879. The Kier molecular flexibility index (Phi) is 18.9. The Hall–Kier alpha value is -2.00. The Bertz CT molecular complexity index is 288. The van der Waals surface area contributed by atoms with Gasteiger partial charge in [0.25, 0.3) is 0 Å².